The predicted molar refractivity (Wildman–Crippen MR) is 96.8 cm³/mol. The third-order valence-electron chi connectivity index (χ3n) is 4.44. The number of amides is 3. The molecule has 0 saturated carbocycles. The molecular formula is C20H15N3O3. The van der Waals surface area contributed by atoms with Gasteiger partial charge in [-0.2, -0.15) is 0 Å². The molecule has 0 bridgehead atoms. The van der Waals surface area contributed by atoms with Crippen molar-refractivity contribution in [3.8, 4) is 0 Å². The van der Waals surface area contributed by atoms with Gasteiger partial charge in [-0.15, -0.1) is 0 Å². The average Bonchev–Trinajstić information content (AvgIpc) is 2.92. The molecule has 128 valence electrons. The van der Waals surface area contributed by atoms with Crippen molar-refractivity contribution < 1.29 is 14.4 Å². The lowest BCUT2D eigenvalue weighted by molar-refractivity contribution is -0.119. The maximum absolute atomic E-state index is 12.6. The van der Waals surface area contributed by atoms with Crippen LogP contribution in [0.25, 0.3) is 10.9 Å². The van der Waals surface area contributed by atoms with E-state index in [9.17, 15) is 14.4 Å². The summed E-state index contributed by atoms with van der Waals surface area (Å²) in [7, 11) is 0. The van der Waals surface area contributed by atoms with Gasteiger partial charge in [0.15, 0.2) is 0 Å². The number of aromatic nitrogens is 1. The minimum absolute atomic E-state index is 0.320. The van der Waals surface area contributed by atoms with Crippen LogP contribution in [0.1, 0.15) is 27.6 Å². The van der Waals surface area contributed by atoms with Crippen LogP contribution in [0, 0.1) is 0 Å². The molecule has 0 spiro atoms. The summed E-state index contributed by atoms with van der Waals surface area (Å²) in [5, 5.41) is 3.64. The Morgan fingerprint density at radius 2 is 1.54 bits per heavy atom. The Morgan fingerprint density at radius 1 is 0.923 bits per heavy atom. The number of hydrogen-bond donors (Lipinski definition) is 1. The van der Waals surface area contributed by atoms with Crippen molar-refractivity contribution >= 4 is 34.4 Å². The summed E-state index contributed by atoms with van der Waals surface area (Å²) >= 11 is 0. The van der Waals surface area contributed by atoms with Crippen LogP contribution in [0.2, 0.25) is 0 Å². The molecule has 4 rings (SSSR count). The van der Waals surface area contributed by atoms with Crippen LogP contribution < -0.4 is 5.32 Å². The third kappa shape index (κ3) is 2.52. The Labute approximate surface area is 149 Å². The fourth-order valence-electron chi connectivity index (χ4n) is 3.04. The van der Waals surface area contributed by atoms with E-state index < -0.39 is 23.8 Å². The number of nitrogens with zero attached hydrogens (tertiary/aromatic N) is 2. The highest BCUT2D eigenvalue weighted by atomic mass is 16.2. The van der Waals surface area contributed by atoms with Gasteiger partial charge in [-0.3, -0.25) is 19.3 Å². The number of hydrogen-bond acceptors (Lipinski definition) is 4. The number of benzene rings is 2. The smallest absolute Gasteiger partial charge is 0.262 e. The first-order chi connectivity index (χ1) is 12.6. The summed E-state index contributed by atoms with van der Waals surface area (Å²) in [5.41, 5.74) is 1.39. The summed E-state index contributed by atoms with van der Waals surface area (Å²) in [4.78, 5) is 42.9. The van der Waals surface area contributed by atoms with E-state index in [-0.39, 0.29) is 0 Å². The Morgan fingerprint density at radius 3 is 2.23 bits per heavy atom. The Bertz CT molecular complexity index is 1030. The van der Waals surface area contributed by atoms with Gasteiger partial charge in [-0.25, -0.2) is 4.98 Å². The van der Waals surface area contributed by atoms with Gasteiger partial charge in [0.1, 0.15) is 11.9 Å². The fraction of sp³-hybridized carbons (Fsp3) is 0.100. The van der Waals surface area contributed by atoms with Crippen LogP contribution in [0.5, 0.6) is 0 Å². The first-order valence-corrected chi connectivity index (χ1v) is 8.20. The Hall–Kier alpha value is -3.54. The molecule has 0 saturated heterocycles. The number of imide groups is 1. The minimum atomic E-state index is -0.948. The zero-order valence-corrected chi connectivity index (χ0v) is 14.0. The van der Waals surface area contributed by atoms with E-state index >= 15 is 0 Å². The van der Waals surface area contributed by atoms with Crippen molar-refractivity contribution in [3.05, 3.63) is 71.8 Å². The van der Waals surface area contributed by atoms with Crippen LogP contribution in [0.15, 0.2) is 60.7 Å². The number of carbonyl (C=O) groups is 3. The van der Waals surface area contributed by atoms with Crippen molar-refractivity contribution in [2.45, 2.75) is 13.0 Å². The van der Waals surface area contributed by atoms with Gasteiger partial charge in [-0.05, 0) is 37.3 Å². The summed E-state index contributed by atoms with van der Waals surface area (Å²) in [6.07, 6.45) is 0. The van der Waals surface area contributed by atoms with E-state index in [1.54, 1.807) is 30.3 Å². The zero-order chi connectivity index (χ0) is 18.3. The molecule has 1 aromatic heterocycles. The monoisotopic (exact) mass is 345 g/mol. The predicted octanol–water partition coefficient (Wildman–Crippen LogP) is 2.86. The number of rotatable bonds is 3. The largest absolute Gasteiger partial charge is 0.309 e. The lowest BCUT2D eigenvalue weighted by Gasteiger charge is -2.21. The van der Waals surface area contributed by atoms with Gasteiger partial charge in [0, 0.05) is 5.39 Å². The van der Waals surface area contributed by atoms with Crippen LogP contribution in [0.4, 0.5) is 5.82 Å². The molecule has 1 aliphatic heterocycles. The van der Waals surface area contributed by atoms with Gasteiger partial charge in [0.2, 0.25) is 5.91 Å². The first-order valence-electron chi connectivity index (χ1n) is 8.20. The first kappa shape index (κ1) is 16.0. The number of anilines is 1. The number of nitrogens with one attached hydrogen (secondary N) is 1. The van der Waals surface area contributed by atoms with Crippen molar-refractivity contribution in [2.75, 3.05) is 5.32 Å². The van der Waals surface area contributed by atoms with Crippen LogP contribution in [0.3, 0.4) is 0 Å². The fourth-order valence-corrected chi connectivity index (χ4v) is 3.04. The summed E-state index contributed by atoms with van der Waals surface area (Å²) in [6, 6.07) is 16.7. The van der Waals surface area contributed by atoms with E-state index in [2.05, 4.69) is 10.3 Å². The van der Waals surface area contributed by atoms with Crippen molar-refractivity contribution in [3.63, 3.8) is 0 Å². The molecule has 6 heteroatoms. The number of fused-ring (bicyclic) bond motifs is 2. The topological polar surface area (TPSA) is 79.4 Å². The van der Waals surface area contributed by atoms with Gasteiger partial charge < -0.3 is 5.32 Å². The lowest BCUT2D eigenvalue weighted by Crippen LogP contribution is -2.45. The highest BCUT2D eigenvalue weighted by Gasteiger charge is 2.40. The maximum Gasteiger partial charge on any atom is 0.262 e. The molecule has 0 aliphatic carbocycles. The van der Waals surface area contributed by atoms with Crippen molar-refractivity contribution in [1.82, 2.24) is 9.88 Å². The highest BCUT2D eigenvalue weighted by Crippen LogP contribution is 2.25. The summed E-state index contributed by atoms with van der Waals surface area (Å²) < 4.78 is 0. The minimum Gasteiger partial charge on any atom is -0.309 e. The van der Waals surface area contributed by atoms with E-state index in [0.717, 1.165) is 15.8 Å². The van der Waals surface area contributed by atoms with E-state index in [1.807, 2.05) is 30.3 Å². The third-order valence-corrected chi connectivity index (χ3v) is 4.44. The van der Waals surface area contributed by atoms with Crippen LogP contribution in [-0.2, 0) is 4.79 Å². The van der Waals surface area contributed by atoms with E-state index in [0.29, 0.717) is 16.9 Å². The van der Waals surface area contributed by atoms with Crippen molar-refractivity contribution in [1.29, 1.82) is 0 Å². The standard InChI is InChI=1S/C20H15N3O3/c1-12(23-19(25)14-7-3-4-8-15(14)20(23)26)18(24)22-17-11-10-13-6-2-5-9-16(13)21-17/h2-12H,1H3,(H,21,22,24). The van der Waals surface area contributed by atoms with Crippen LogP contribution in [-0.4, -0.2) is 33.6 Å². The molecule has 3 aromatic rings. The molecule has 1 unspecified atom stereocenters. The molecule has 1 N–H and O–H groups in total. The lowest BCUT2D eigenvalue weighted by atomic mass is 10.1. The molecule has 0 radical (unpaired) electrons. The summed E-state index contributed by atoms with van der Waals surface area (Å²) in [6.45, 7) is 1.53. The zero-order valence-electron chi connectivity index (χ0n) is 14.0. The SMILES string of the molecule is CC(C(=O)Nc1ccc2ccccc2n1)N1C(=O)c2ccccc2C1=O. The Balaban J connectivity index is 1.56. The number of pyridine rings is 1. The van der Waals surface area contributed by atoms with Crippen LogP contribution >= 0.6 is 0 Å². The second-order valence-corrected chi connectivity index (χ2v) is 6.08. The number of carbonyl (C=O) groups excluding carboxylic acids is 3. The second kappa shape index (κ2) is 6.07. The van der Waals surface area contributed by atoms with Gasteiger partial charge >= 0.3 is 0 Å². The van der Waals surface area contributed by atoms with Gasteiger partial charge in [0.25, 0.3) is 11.8 Å². The van der Waals surface area contributed by atoms with E-state index in [4.69, 9.17) is 0 Å². The molecular weight excluding hydrogens is 330 g/mol. The highest BCUT2D eigenvalue weighted by molar-refractivity contribution is 6.23. The van der Waals surface area contributed by atoms with Gasteiger partial charge in [0.05, 0.1) is 16.6 Å². The molecule has 2 aromatic carbocycles. The molecule has 1 atom stereocenters. The molecule has 6 nitrogen and oxygen atoms in total. The molecule has 1 aliphatic rings. The maximum atomic E-state index is 12.6. The quantitative estimate of drug-likeness (QED) is 0.740. The average molecular weight is 345 g/mol. The van der Waals surface area contributed by atoms with E-state index in [1.165, 1.54) is 6.92 Å². The Kier molecular flexibility index (Phi) is 3.73. The molecule has 26 heavy (non-hydrogen) atoms. The number of para-hydroxylation sites is 1. The summed E-state index contributed by atoms with van der Waals surface area (Å²) in [5.74, 6) is -1.01. The molecule has 3 amide bonds. The molecule has 0 fully saturated rings. The van der Waals surface area contributed by atoms with Gasteiger partial charge in [-0.1, -0.05) is 30.3 Å². The second-order valence-electron chi connectivity index (χ2n) is 6.08. The van der Waals surface area contributed by atoms with Crippen molar-refractivity contribution in [2.24, 2.45) is 0 Å². The normalized spacial score (nSPS) is 14.4. The molecule has 2 heterocycles.